The van der Waals surface area contributed by atoms with Crippen LogP contribution in [-0.2, 0) is 4.79 Å². The first-order valence-electron chi connectivity index (χ1n) is 3.50. The summed E-state index contributed by atoms with van der Waals surface area (Å²) < 4.78 is 37.9. The molecule has 1 aromatic carbocycles. The molecule has 1 aromatic rings. The zero-order valence-electron chi connectivity index (χ0n) is 6.85. The average molecular weight is 202 g/mol. The Kier molecular flexibility index (Phi) is 2.60. The molecule has 0 aliphatic heterocycles. The zero-order valence-corrected chi connectivity index (χ0v) is 6.85. The van der Waals surface area contributed by atoms with Crippen LogP contribution in [0.1, 0.15) is 5.56 Å². The Morgan fingerprint density at radius 1 is 1.14 bits per heavy atom. The van der Waals surface area contributed by atoms with Crippen LogP contribution < -0.4 is 0 Å². The van der Waals surface area contributed by atoms with E-state index in [1.54, 1.807) is 0 Å². The predicted octanol–water partition coefficient (Wildman–Crippen LogP) is 2.20. The summed E-state index contributed by atoms with van der Waals surface area (Å²) in [6, 6.07) is 0.736. The Morgan fingerprint density at radius 2 is 1.64 bits per heavy atom. The van der Waals surface area contributed by atoms with Gasteiger partial charge in [0.05, 0.1) is 5.57 Å². The predicted molar refractivity (Wildman–Crippen MR) is 43.0 cm³/mol. The molecule has 74 valence electrons. The molecule has 0 saturated carbocycles. The van der Waals surface area contributed by atoms with Gasteiger partial charge in [-0.25, -0.2) is 18.0 Å². The van der Waals surface area contributed by atoms with Crippen molar-refractivity contribution in [3.8, 4) is 0 Å². The van der Waals surface area contributed by atoms with Gasteiger partial charge in [-0.05, 0) is 6.07 Å². The Morgan fingerprint density at radius 3 is 2.14 bits per heavy atom. The average Bonchev–Trinajstić information content (AvgIpc) is 2.10. The van der Waals surface area contributed by atoms with Gasteiger partial charge in [0.15, 0.2) is 11.6 Å². The summed E-state index contributed by atoms with van der Waals surface area (Å²) >= 11 is 0. The lowest BCUT2D eigenvalue weighted by molar-refractivity contribution is -0.130. The van der Waals surface area contributed by atoms with E-state index in [4.69, 9.17) is 5.11 Å². The van der Waals surface area contributed by atoms with Gasteiger partial charge in [0.25, 0.3) is 0 Å². The number of rotatable bonds is 2. The summed E-state index contributed by atoms with van der Waals surface area (Å²) in [6.07, 6.45) is 0. The van der Waals surface area contributed by atoms with Crippen LogP contribution in [0, 0.1) is 17.5 Å². The monoisotopic (exact) mass is 202 g/mol. The van der Waals surface area contributed by atoms with Crippen molar-refractivity contribution in [2.24, 2.45) is 0 Å². The standard InChI is InChI=1S/C9H5F3O2/c1-4(9(13)14)5-2-7(11)8(12)3-6(5)10/h2-3H,1H2,(H,13,14). The number of hydrogen-bond donors (Lipinski definition) is 1. The molecule has 1 rings (SSSR count). The summed E-state index contributed by atoms with van der Waals surface area (Å²) in [7, 11) is 0. The minimum atomic E-state index is -1.49. The number of benzene rings is 1. The van der Waals surface area contributed by atoms with Gasteiger partial charge >= 0.3 is 5.97 Å². The van der Waals surface area contributed by atoms with Crippen molar-refractivity contribution in [1.29, 1.82) is 0 Å². The Balaban J connectivity index is 3.29. The van der Waals surface area contributed by atoms with E-state index in [0.717, 1.165) is 0 Å². The lowest BCUT2D eigenvalue weighted by atomic mass is 10.1. The maximum Gasteiger partial charge on any atom is 0.335 e. The van der Waals surface area contributed by atoms with E-state index in [0.29, 0.717) is 6.07 Å². The van der Waals surface area contributed by atoms with Crippen LogP contribution in [0.2, 0.25) is 0 Å². The number of carbonyl (C=O) groups is 1. The second-order valence-electron chi connectivity index (χ2n) is 2.53. The highest BCUT2D eigenvalue weighted by Gasteiger charge is 2.15. The maximum atomic E-state index is 12.9. The maximum absolute atomic E-state index is 12.9. The summed E-state index contributed by atoms with van der Waals surface area (Å²) in [5.41, 5.74) is -1.18. The molecule has 0 amide bonds. The molecule has 0 aliphatic carbocycles. The van der Waals surface area contributed by atoms with Crippen LogP contribution in [0.4, 0.5) is 13.2 Å². The zero-order chi connectivity index (χ0) is 10.9. The molecule has 2 nitrogen and oxygen atoms in total. The molecular formula is C9H5F3O2. The molecule has 14 heavy (non-hydrogen) atoms. The van der Waals surface area contributed by atoms with Crippen molar-refractivity contribution in [2.75, 3.05) is 0 Å². The number of carboxylic acids is 1. The largest absolute Gasteiger partial charge is 0.478 e. The van der Waals surface area contributed by atoms with Gasteiger partial charge in [-0.15, -0.1) is 0 Å². The molecule has 5 heteroatoms. The van der Waals surface area contributed by atoms with Gasteiger partial charge in [-0.1, -0.05) is 6.58 Å². The van der Waals surface area contributed by atoms with Crippen LogP contribution >= 0.6 is 0 Å². The highest BCUT2D eigenvalue weighted by atomic mass is 19.2. The third kappa shape index (κ3) is 1.76. The molecule has 0 heterocycles. The molecule has 0 aromatic heterocycles. The van der Waals surface area contributed by atoms with Crippen LogP contribution in [0.5, 0.6) is 0 Å². The highest BCUT2D eigenvalue weighted by Crippen LogP contribution is 2.20. The van der Waals surface area contributed by atoms with E-state index in [1.807, 2.05) is 0 Å². The molecule has 0 atom stereocenters. The number of hydrogen-bond acceptors (Lipinski definition) is 1. The first-order chi connectivity index (χ1) is 6.43. The first-order valence-corrected chi connectivity index (χ1v) is 3.50. The second kappa shape index (κ2) is 3.53. The van der Waals surface area contributed by atoms with E-state index in [-0.39, 0.29) is 6.07 Å². The van der Waals surface area contributed by atoms with Crippen molar-refractivity contribution >= 4 is 11.5 Å². The second-order valence-corrected chi connectivity index (χ2v) is 2.53. The van der Waals surface area contributed by atoms with Crippen molar-refractivity contribution in [3.63, 3.8) is 0 Å². The van der Waals surface area contributed by atoms with Crippen molar-refractivity contribution in [1.82, 2.24) is 0 Å². The van der Waals surface area contributed by atoms with E-state index < -0.39 is 34.6 Å². The fourth-order valence-corrected chi connectivity index (χ4v) is 0.869. The van der Waals surface area contributed by atoms with Gasteiger partial charge in [-0.2, -0.15) is 0 Å². The van der Waals surface area contributed by atoms with Crippen LogP contribution in [0.25, 0.3) is 5.57 Å². The molecule has 0 bridgehead atoms. The lowest BCUT2D eigenvalue weighted by Gasteiger charge is -2.03. The number of halogens is 3. The van der Waals surface area contributed by atoms with Crippen molar-refractivity contribution in [2.45, 2.75) is 0 Å². The number of carboxylic acid groups (broad SMARTS) is 1. The molecule has 1 N–H and O–H groups in total. The Hall–Kier alpha value is -1.78. The first kappa shape index (κ1) is 10.3. The van der Waals surface area contributed by atoms with Crippen LogP contribution in [0.15, 0.2) is 18.7 Å². The normalized spacial score (nSPS) is 9.93. The topological polar surface area (TPSA) is 37.3 Å². The summed E-state index contributed by atoms with van der Waals surface area (Å²) in [5.74, 6) is -5.33. The van der Waals surface area contributed by atoms with Gasteiger partial charge in [0.2, 0.25) is 0 Å². The van der Waals surface area contributed by atoms with Gasteiger partial charge < -0.3 is 5.11 Å². The molecule has 0 radical (unpaired) electrons. The fourth-order valence-electron chi connectivity index (χ4n) is 0.869. The molecule has 0 saturated heterocycles. The van der Waals surface area contributed by atoms with E-state index in [2.05, 4.69) is 6.58 Å². The minimum absolute atomic E-state index is 0.277. The van der Waals surface area contributed by atoms with E-state index in [9.17, 15) is 18.0 Å². The quantitative estimate of drug-likeness (QED) is 0.589. The van der Waals surface area contributed by atoms with Gasteiger partial charge in [0.1, 0.15) is 5.82 Å². The minimum Gasteiger partial charge on any atom is -0.478 e. The van der Waals surface area contributed by atoms with Crippen molar-refractivity contribution in [3.05, 3.63) is 41.7 Å². The highest BCUT2D eigenvalue weighted by molar-refractivity contribution is 6.14. The lowest BCUT2D eigenvalue weighted by Crippen LogP contribution is -2.02. The van der Waals surface area contributed by atoms with Crippen molar-refractivity contribution < 1.29 is 23.1 Å². The van der Waals surface area contributed by atoms with E-state index >= 15 is 0 Å². The van der Waals surface area contributed by atoms with Crippen LogP contribution in [0.3, 0.4) is 0 Å². The summed E-state index contributed by atoms with van der Waals surface area (Å²) in [6.45, 7) is 3.03. The summed E-state index contributed by atoms with van der Waals surface area (Å²) in [4.78, 5) is 10.4. The molecular weight excluding hydrogens is 197 g/mol. The van der Waals surface area contributed by atoms with Gasteiger partial charge in [0, 0.05) is 11.6 Å². The Bertz CT molecular complexity index is 413. The number of aliphatic carboxylic acids is 1. The molecule has 0 unspecified atom stereocenters. The van der Waals surface area contributed by atoms with Gasteiger partial charge in [-0.3, -0.25) is 0 Å². The smallest absolute Gasteiger partial charge is 0.335 e. The molecule has 0 fully saturated rings. The third-order valence-electron chi connectivity index (χ3n) is 1.59. The fraction of sp³-hybridized carbons (Fsp3) is 0. The SMILES string of the molecule is C=C(C(=O)O)c1cc(F)c(F)cc1F. The summed E-state index contributed by atoms with van der Waals surface area (Å²) in [5, 5.41) is 8.44. The van der Waals surface area contributed by atoms with Crippen LogP contribution in [-0.4, -0.2) is 11.1 Å². The molecule has 0 aliphatic rings. The third-order valence-corrected chi connectivity index (χ3v) is 1.59. The Labute approximate surface area is 77.3 Å². The van der Waals surface area contributed by atoms with E-state index in [1.165, 1.54) is 0 Å². The molecule has 0 spiro atoms.